The molecule has 0 aromatic heterocycles. The lowest BCUT2D eigenvalue weighted by atomic mass is 9.77. The number of hydrogen-bond acceptors (Lipinski definition) is 6. The van der Waals surface area contributed by atoms with Gasteiger partial charge in [-0.3, -0.25) is 8.98 Å². The predicted octanol–water partition coefficient (Wildman–Crippen LogP) is 4.58. The number of piperidine rings is 1. The lowest BCUT2D eigenvalue weighted by Gasteiger charge is -2.38. The van der Waals surface area contributed by atoms with E-state index in [1.165, 1.54) is 6.07 Å². The average molecular weight is 525 g/mol. The molecule has 2 amide bonds. The van der Waals surface area contributed by atoms with Gasteiger partial charge in [0, 0.05) is 19.6 Å². The molecule has 200 valence electrons. The van der Waals surface area contributed by atoms with Gasteiger partial charge in [0.25, 0.3) is 10.1 Å². The zero-order chi connectivity index (χ0) is 26.3. The second kappa shape index (κ2) is 9.93. The van der Waals surface area contributed by atoms with Gasteiger partial charge in [-0.2, -0.15) is 8.42 Å². The second-order valence-corrected chi connectivity index (χ2v) is 13.0. The molecule has 0 bridgehead atoms. The van der Waals surface area contributed by atoms with Crippen molar-refractivity contribution in [1.29, 1.82) is 0 Å². The Morgan fingerprint density at radius 3 is 2.22 bits per heavy atom. The molecule has 1 aliphatic carbocycles. The monoisotopic (exact) mass is 524 g/mol. The minimum atomic E-state index is -3.48. The average Bonchev–Trinajstić information content (AvgIpc) is 3.08. The van der Waals surface area contributed by atoms with Gasteiger partial charge in [-0.25, -0.2) is 9.18 Å². The van der Waals surface area contributed by atoms with Crippen LogP contribution >= 0.6 is 0 Å². The molecule has 10 heteroatoms. The maximum atomic E-state index is 15.2. The number of benzene rings is 1. The van der Waals surface area contributed by atoms with Crippen molar-refractivity contribution in [3.63, 3.8) is 0 Å². The maximum Gasteiger partial charge on any atom is 0.410 e. The van der Waals surface area contributed by atoms with E-state index < -0.39 is 27.0 Å². The third kappa shape index (κ3) is 6.02. The van der Waals surface area contributed by atoms with E-state index in [2.05, 4.69) is 0 Å². The lowest BCUT2D eigenvalue weighted by Crippen LogP contribution is -2.48. The highest BCUT2D eigenvalue weighted by molar-refractivity contribution is 7.86. The third-order valence-corrected chi connectivity index (χ3v) is 8.23. The van der Waals surface area contributed by atoms with Gasteiger partial charge in [-0.05, 0) is 89.3 Å². The predicted molar refractivity (Wildman–Crippen MR) is 134 cm³/mol. The van der Waals surface area contributed by atoms with E-state index in [0.29, 0.717) is 57.4 Å². The van der Waals surface area contributed by atoms with Crippen molar-refractivity contribution in [3.8, 4) is 0 Å². The van der Waals surface area contributed by atoms with E-state index in [0.717, 1.165) is 24.7 Å². The molecule has 0 N–H and O–H groups in total. The van der Waals surface area contributed by atoms with E-state index in [-0.39, 0.29) is 24.0 Å². The van der Waals surface area contributed by atoms with Gasteiger partial charge in [0.05, 0.1) is 23.5 Å². The Hall–Kier alpha value is -2.20. The molecule has 36 heavy (non-hydrogen) atoms. The number of carbonyl (C=O) groups excluding carboxylic acids is 2. The van der Waals surface area contributed by atoms with Crippen LogP contribution in [-0.2, 0) is 23.8 Å². The van der Waals surface area contributed by atoms with Crippen LogP contribution < -0.4 is 4.90 Å². The molecule has 1 saturated carbocycles. The number of halogens is 1. The van der Waals surface area contributed by atoms with Crippen LogP contribution in [0.2, 0.25) is 0 Å². The number of rotatable bonds is 4. The fraction of sp³-hybridized carbons (Fsp3) is 0.692. The molecule has 8 nitrogen and oxygen atoms in total. The van der Waals surface area contributed by atoms with Crippen LogP contribution in [0.5, 0.6) is 0 Å². The van der Waals surface area contributed by atoms with Crippen LogP contribution in [0.1, 0.15) is 77.2 Å². The second-order valence-electron chi connectivity index (χ2n) is 11.4. The van der Waals surface area contributed by atoms with Crippen molar-refractivity contribution in [2.24, 2.45) is 5.41 Å². The Bertz CT molecular complexity index is 1100. The van der Waals surface area contributed by atoms with E-state index >= 15 is 4.39 Å². The Labute approximate surface area is 213 Å². The molecule has 1 spiro atoms. The SMILES string of the molecule is CC(C)(C)OC(=O)N1CCC2(CC1)CCN(c1ccc([C@H]3CC[C@@H](OS(C)(=O)=O)CC3)cc1F)C2=O. The number of nitrogens with zero attached hydrogens (tertiary/aromatic N) is 2. The fourth-order valence-corrected chi connectivity index (χ4v) is 6.38. The standard InChI is InChI=1S/C26H37FN2O6S/c1-25(2,3)34-24(31)28-14-11-26(12-15-28)13-16-29(23(26)30)22-10-7-19(17-21(22)27)18-5-8-20(9-6-18)35-36(4,32)33/h7,10,17-18,20H,5-6,8-9,11-16H2,1-4H3/t18-,20+. The van der Waals surface area contributed by atoms with Gasteiger partial charge in [0.15, 0.2) is 0 Å². The first-order valence-electron chi connectivity index (χ1n) is 12.7. The van der Waals surface area contributed by atoms with Crippen LogP contribution in [-0.4, -0.2) is 62.9 Å². The summed E-state index contributed by atoms with van der Waals surface area (Å²) in [6.45, 7) is 6.83. The van der Waals surface area contributed by atoms with Crippen molar-refractivity contribution in [3.05, 3.63) is 29.6 Å². The minimum absolute atomic E-state index is 0.0728. The molecular weight excluding hydrogens is 487 g/mol. The number of hydrogen-bond donors (Lipinski definition) is 0. The highest BCUT2D eigenvalue weighted by Crippen LogP contribution is 2.44. The number of ether oxygens (including phenoxy) is 1. The quantitative estimate of drug-likeness (QED) is 0.535. The van der Waals surface area contributed by atoms with Gasteiger partial charge < -0.3 is 14.5 Å². The molecule has 2 heterocycles. The Balaban J connectivity index is 1.37. The smallest absolute Gasteiger partial charge is 0.410 e. The van der Waals surface area contributed by atoms with Gasteiger partial charge in [0.1, 0.15) is 11.4 Å². The summed E-state index contributed by atoms with van der Waals surface area (Å²) in [4.78, 5) is 29.0. The van der Waals surface area contributed by atoms with Crippen molar-refractivity contribution in [2.45, 2.75) is 83.3 Å². The molecule has 0 atom stereocenters. The summed E-state index contributed by atoms with van der Waals surface area (Å²) in [5.74, 6) is -0.360. The zero-order valence-corrected chi connectivity index (χ0v) is 22.4. The first-order valence-corrected chi connectivity index (χ1v) is 14.6. The summed E-state index contributed by atoms with van der Waals surface area (Å²) in [6, 6.07) is 5.09. The van der Waals surface area contributed by atoms with Crippen LogP contribution in [0.15, 0.2) is 18.2 Å². The van der Waals surface area contributed by atoms with Crippen LogP contribution in [0.25, 0.3) is 0 Å². The maximum absolute atomic E-state index is 15.2. The highest BCUT2D eigenvalue weighted by Gasteiger charge is 2.49. The van der Waals surface area contributed by atoms with Gasteiger partial charge in [0.2, 0.25) is 5.91 Å². The molecule has 2 saturated heterocycles. The van der Waals surface area contributed by atoms with E-state index in [1.54, 1.807) is 15.9 Å². The van der Waals surface area contributed by atoms with E-state index in [4.69, 9.17) is 8.92 Å². The van der Waals surface area contributed by atoms with Gasteiger partial charge >= 0.3 is 6.09 Å². The largest absolute Gasteiger partial charge is 0.444 e. The first-order chi connectivity index (χ1) is 16.8. The first kappa shape index (κ1) is 26.9. The van der Waals surface area contributed by atoms with Crippen LogP contribution in [0.3, 0.4) is 0 Å². The third-order valence-electron chi connectivity index (χ3n) is 7.60. The summed E-state index contributed by atoms with van der Waals surface area (Å²) in [5.41, 5.74) is 0.0196. The normalized spacial score (nSPS) is 24.9. The molecule has 4 rings (SSSR count). The summed E-state index contributed by atoms with van der Waals surface area (Å²) in [7, 11) is -3.48. The summed E-state index contributed by atoms with van der Waals surface area (Å²) >= 11 is 0. The molecule has 0 unspecified atom stereocenters. The van der Waals surface area contributed by atoms with Crippen molar-refractivity contribution in [1.82, 2.24) is 4.90 Å². The molecule has 1 aromatic rings. The summed E-state index contributed by atoms with van der Waals surface area (Å²) in [5, 5.41) is 0. The van der Waals surface area contributed by atoms with E-state index in [9.17, 15) is 18.0 Å². The Kier molecular flexibility index (Phi) is 7.41. The fourth-order valence-electron chi connectivity index (χ4n) is 5.69. The highest BCUT2D eigenvalue weighted by atomic mass is 32.2. The van der Waals surface area contributed by atoms with Gasteiger partial charge in [-0.15, -0.1) is 0 Å². The molecule has 3 fully saturated rings. The zero-order valence-electron chi connectivity index (χ0n) is 21.6. The van der Waals surface area contributed by atoms with Crippen molar-refractivity contribution in [2.75, 3.05) is 30.8 Å². The lowest BCUT2D eigenvalue weighted by molar-refractivity contribution is -0.128. The van der Waals surface area contributed by atoms with Crippen LogP contribution in [0, 0.1) is 11.2 Å². The van der Waals surface area contributed by atoms with Gasteiger partial charge in [-0.1, -0.05) is 6.07 Å². The van der Waals surface area contributed by atoms with Crippen molar-refractivity contribution >= 4 is 27.8 Å². The summed E-state index contributed by atoms with van der Waals surface area (Å²) < 4.78 is 48.5. The number of likely N-dealkylation sites (tertiary alicyclic amines) is 1. The van der Waals surface area contributed by atoms with E-state index in [1.807, 2.05) is 26.8 Å². The van der Waals surface area contributed by atoms with Crippen LogP contribution in [0.4, 0.5) is 14.9 Å². The minimum Gasteiger partial charge on any atom is -0.444 e. The molecule has 2 aliphatic heterocycles. The summed E-state index contributed by atoms with van der Waals surface area (Å²) in [6.07, 6.45) is 4.75. The Morgan fingerprint density at radius 1 is 1.06 bits per heavy atom. The number of carbonyl (C=O) groups is 2. The number of anilines is 1. The van der Waals surface area contributed by atoms with Crippen molar-refractivity contribution < 1.29 is 31.3 Å². The molecule has 3 aliphatic rings. The topological polar surface area (TPSA) is 93.2 Å². The molecular formula is C26H37FN2O6S. The number of amides is 2. The molecule has 1 aromatic carbocycles. The Morgan fingerprint density at radius 2 is 1.67 bits per heavy atom. The molecule has 0 radical (unpaired) electrons.